The Hall–Kier alpha value is -3.75. The van der Waals surface area contributed by atoms with E-state index >= 15 is 0 Å². The first-order chi connectivity index (χ1) is 18.2. The number of fused-ring (bicyclic) bond motifs is 1. The van der Waals surface area contributed by atoms with Crippen molar-refractivity contribution in [1.82, 2.24) is 19.4 Å². The van der Waals surface area contributed by atoms with E-state index in [0.29, 0.717) is 39.0 Å². The van der Waals surface area contributed by atoms with E-state index in [-0.39, 0.29) is 18.0 Å². The maximum absolute atomic E-state index is 13.6. The molecule has 2 heterocycles. The van der Waals surface area contributed by atoms with Crippen molar-refractivity contribution in [1.29, 1.82) is 0 Å². The molecular weight excluding hydrogens is 533 g/mol. The van der Waals surface area contributed by atoms with Gasteiger partial charge in [0.05, 0.1) is 18.7 Å². The lowest BCUT2D eigenvalue weighted by Gasteiger charge is -2.15. The van der Waals surface area contributed by atoms with Crippen molar-refractivity contribution in [3.63, 3.8) is 0 Å². The van der Waals surface area contributed by atoms with Crippen LogP contribution in [0.25, 0.3) is 27.9 Å². The number of alkyl halides is 2. The SMILES string of the molecule is CCOc1nn2c(=O)n(Cc3ccc(C(C)(F)F)cc3)nc2c(-c2ccc(Cl)cc2)c1-c1ccc(Cl)cc1. The molecule has 0 spiro atoms. The van der Waals surface area contributed by atoms with Gasteiger partial charge in [-0.1, -0.05) is 71.7 Å². The molecule has 0 fully saturated rings. The molecule has 6 nitrogen and oxygen atoms in total. The molecule has 5 rings (SSSR count). The van der Waals surface area contributed by atoms with Gasteiger partial charge in [0.2, 0.25) is 5.88 Å². The van der Waals surface area contributed by atoms with E-state index in [1.54, 1.807) is 36.4 Å². The van der Waals surface area contributed by atoms with Crippen molar-refractivity contribution in [3.8, 4) is 28.1 Å². The Bertz CT molecular complexity index is 1660. The summed E-state index contributed by atoms with van der Waals surface area (Å²) < 4.78 is 35.6. The minimum absolute atomic E-state index is 0.0675. The molecule has 0 bridgehead atoms. The van der Waals surface area contributed by atoms with Crippen molar-refractivity contribution in [3.05, 3.63) is 104 Å². The van der Waals surface area contributed by atoms with Crippen molar-refractivity contribution in [2.75, 3.05) is 6.61 Å². The van der Waals surface area contributed by atoms with E-state index in [2.05, 4.69) is 10.2 Å². The van der Waals surface area contributed by atoms with Crippen LogP contribution in [0, 0.1) is 0 Å². The molecule has 3 aromatic carbocycles. The molecule has 0 unspecified atom stereocenters. The van der Waals surface area contributed by atoms with Gasteiger partial charge >= 0.3 is 5.69 Å². The van der Waals surface area contributed by atoms with Gasteiger partial charge in [-0.25, -0.2) is 18.3 Å². The Morgan fingerprint density at radius 2 is 1.39 bits per heavy atom. The summed E-state index contributed by atoms with van der Waals surface area (Å²) in [6, 6.07) is 20.2. The summed E-state index contributed by atoms with van der Waals surface area (Å²) in [4.78, 5) is 13.4. The standard InChI is InChI=1S/C28H22Cl2F2N4O2/c1-3-38-26-24(19-8-14-22(30)15-9-19)23(18-6-12-21(29)13-7-18)25-33-35(27(37)36(25)34-26)16-17-4-10-20(11-5-17)28(2,31)32/h4-15H,3,16H2,1-2H3. The summed E-state index contributed by atoms with van der Waals surface area (Å²) >= 11 is 12.3. The first kappa shape index (κ1) is 25.9. The van der Waals surface area contributed by atoms with Gasteiger partial charge in [0, 0.05) is 28.1 Å². The molecular formula is C28H22Cl2F2N4O2. The van der Waals surface area contributed by atoms with Gasteiger partial charge < -0.3 is 4.74 Å². The highest BCUT2D eigenvalue weighted by atomic mass is 35.5. The largest absolute Gasteiger partial charge is 0.476 e. The number of hydrogen-bond donors (Lipinski definition) is 0. The van der Waals surface area contributed by atoms with Crippen LogP contribution in [0.4, 0.5) is 8.78 Å². The van der Waals surface area contributed by atoms with Crippen LogP contribution in [-0.4, -0.2) is 26.0 Å². The van der Waals surface area contributed by atoms with Crippen molar-refractivity contribution in [2.24, 2.45) is 0 Å². The molecule has 10 heteroatoms. The molecule has 0 aliphatic carbocycles. The van der Waals surface area contributed by atoms with Crippen LogP contribution >= 0.6 is 23.2 Å². The van der Waals surface area contributed by atoms with Gasteiger partial charge in [0.15, 0.2) is 5.65 Å². The third kappa shape index (κ3) is 5.01. The molecule has 38 heavy (non-hydrogen) atoms. The molecule has 0 radical (unpaired) electrons. The quantitative estimate of drug-likeness (QED) is 0.215. The van der Waals surface area contributed by atoms with Gasteiger partial charge in [-0.15, -0.1) is 10.2 Å². The first-order valence-corrected chi connectivity index (χ1v) is 12.6. The number of aromatic nitrogens is 4. The highest BCUT2D eigenvalue weighted by molar-refractivity contribution is 6.31. The van der Waals surface area contributed by atoms with Crippen molar-refractivity contribution in [2.45, 2.75) is 26.3 Å². The topological polar surface area (TPSA) is 61.4 Å². The highest BCUT2D eigenvalue weighted by Gasteiger charge is 2.25. The zero-order chi connectivity index (χ0) is 27.0. The van der Waals surface area contributed by atoms with Gasteiger partial charge in [-0.3, -0.25) is 0 Å². The summed E-state index contributed by atoms with van der Waals surface area (Å²) in [6.07, 6.45) is 0. The Morgan fingerprint density at radius 3 is 1.92 bits per heavy atom. The maximum atomic E-state index is 13.6. The van der Waals surface area contributed by atoms with Crippen LogP contribution in [0.1, 0.15) is 25.0 Å². The van der Waals surface area contributed by atoms with Crippen LogP contribution in [0.3, 0.4) is 0 Å². The number of halogens is 4. The second-order valence-electron chi connectivity index (χ2n) is 8.76. The summed E-state index contributed by atoms with van der Waals surface area (Å²) in [6.45, 7) is 3.05. The molecule has 0 amide bonds. The van der Waals surface area contributed by atoms with Crippen LogP contribution in [0.5, 0.6) is 5.88 Å². The molecule has 0 N–H and O–H groups in total. The first-order valence-electron chi connectivity index (χ1n) is 11.8. The lowest BCUT2D eigenvalue weighted by Crippen LogP contribution is -2.23. The fourth-order valence-electron chi connectivity index (χ4n) is 4.20. The van der Waals surface area contributed by atoms with Gasteiger partial charge in [0.1, 0.15) is 0 Å². The number of benzene rings is 3. The maximum Gasteiger partial charge on any atom is 0.367 e. The summed E-state index contributed by atoms with van der Waals surface area (Å²) in [7, 11) is 0. The Morgan fingerprint density at radius 1 is 0.842 bits per heavy atom. The van der Waals surface area contributed by atoms with Crippen molar-refractivity contribution < 1.29 is 13.5 Å². The molecule has 0 saturated heterocycles. The van der Waals surface area contributed by atoms with Crippen LogP contribution in [0.15, 0.2) is 77.6 Å². The third-order valence-electron chi connectivity index (χ3n) is 6.04. The van der Waals surface area contributed by atoms with Gasteiger partial charge in [-0.05, 0) is 47.9 Å². The second-order valence-corrected chi connectivity index (χ2v) is 9.64. The van der Waals surface area contributed by atoms with E-state index in [1.807, 2.05) is 31.2 Å². The predicted molar refractivity (Wildman–Crippen MR) is 144 cm³/mol. The van der Waals surface area contributed by atoms with Crippen LogP contribution < -0.4 is 10.4 Å². The fraction of sp³-hybridized carbons (Fsp3) is 0.179. The average molecular weight is 555 g/mol. The van der Waals surface area contributed by atoms with E-state index in [9.17, 15) is 13.6 Å². The smallest absolute Gasteiger partial charge is 0.367 e. The molecule has 0 atom stereocenters. The fourth-order valence-corrected chi connectivity index (χ4v) is 4.45. The Balaban J connectivity index is 1.74. The molecule has 194 valence electrons. The molecule has 0 aliphatic rings. The molecule has 2 aromatic heterocycles. The third-order valence-corrected chi connectivity index (χ3v) is 6.54. The van der Waals surface area contributed by atoms with Crippen molar-refractivity contribution >= 4 is 28.8 Å². The second kappa shape index (κ2) is 10.2. The highest BCUT2D eigenvalue weighted by Crippen LogP contribution is 2.40. The summed E-state index contributed by atoms with van der Waals surface area (Å²) in [5.41, 5.74) is 3.13. The minimum Gasteiger partial charge on any atom is -0.476 e. The zero-order valence-corrected chi connectivity index (χ0v) is 22.0. The zero-order valence-electron chi connectivity index (χ0n) is 20.5. The van der Waals surface area contributed by atoms with Gasteiger partial charge in [-0.2, -0.15) is 4.52 Å². The average Bonchev–Trinajstić information content (AvgIpc) is 3.19. The van der Waals surface area contributed by atoms with E-state index in [4.69, 9.17) is 27.9 Å². The number of hydrogen-bond acceptors (Lipinski definition) is 4. The lowest BCUT2D eigenvalue weighted by molar-refractivity contribution is 0.0174. The number of ether oxygens (including phenoxy) is 1. The molecule has 0 saturated carbocycles. The summed E-state index contributed by atoms with van der Waals surface area (Å²) in [5.74, 6) is -2.70. The monoisotopic (exact) mass is 554 g/mol. The van der Waals surface area contributed by atoms with Crippen LogP contribution in [0.2, 0.25) is 10.0 Å². The van der Waals surface area contributed by atoms with E-state index in [0.717, 1.165) is 18.1 Å². The Kier molecular flexibility index (Phi) is 6.94. The molecule has 0 aliphatic heterocycles. The van der Waals surface area contributed by atoms with E-state index < -0.39 is 11.6 Å². The Labute approximate surface area is 227 Å². The number of rotatable bonds is 7. The normalized spacial score (nSPS) is 11.7. The lowest BCUT2D eigenvalue weighted by atomic mass is 9.96. The van der Waals surface area contributed by atoms with Gasteiger partial charge in [0.25, 0.3) is 5.92 Å². The molecule has 5 aromatic rings. The predicted octanol–water partition coefficient (Wildman–Crippen LogP) is 7.09. The number of nitrogens with zero attached hydrogens (tertiary/aromatic N) is 4. The summed E-state index contributed by atoms with van der Waals surface area (Å²) in [5, 5.41) is 10.3. The van der Waals surface area contributed by atoms with Crippen LogP contribution in [-0.2, 0) is 12.5 Å². The van der Waals surface area contributed by atoms with E-state index in [1.165, 1.54) is 21.3 Å². The minimum atomic E-state index is -2.95.